The maximum Gasteiger partial charge on any atom is 0.251 e. The highest BCUT2D eigenvalue weighted by Crippen LogP contribution is 2.43. The van der Waals surface area contributed by atoms with E-state index in [0.717, 1.165) is 8.97 Å². The van der Waals surface area contributed by atoms with Crippen LogP contribution in [0.15, 0.2) is 18.2 Å². The first-order valence-corrected chi connectivity index (χ1v) is 12.2. The molecule has 0 N–H and O–H groups in total. The van der Waals surface area contributed by atoms with E-state index in [1.807, 2.05) is 0 Å². The van der Waals surface area contributed by atoms with Crippen molar-refractivity contribution in [3.05, 3.63) is 34.9 Å². The molecule has 1 aromatic rings. The summed E-state index contributed by atoms with van der Waals surface area (Å²) in [7, 11) is 14.3. The molecule has 0 atom stereocenters. The summed E-state index contributed by atoms with van der Waals surface area (Å²) in [6.07, 6.45) is 15.2. The van der Waals surface area contributed by atoms with E-state index in [4.69, 9.17) is 0 Å². The number of quaternary nitrogens is 2. The minimum Gasteiger partial charge on any atom is -1.00 e. The van der Waals surface area contributed by atoms with Crippen molar-refractivity contribution in [3.8, 4) is 0 Å². The van der Waals surface area contributed by atoms with Gasteiger partial charge in [0, 0.05) is 0 Å². The van der Waals surface area contributed by atoms with Gasteiger partial charge in [-0.15, -0.1) is 0 Å². The lowest BCUT2D eigenvalue weighted by Crippen LogP contribution is -3.00. The molecule has 0 aliphatic heterocycles. The van der Waals surface area contributed by atoms with Crippen LogP contribution < -0.4 is 24.8 Å². The molecule has 0 aliphatic rings. The first kappa shape index (κ1) is 32.9. The van der Waals surface area contributed by atoms with E-state index >= 15 is 0 Å². The molecule has 0 bridgehead atoms. The Morgan fingerprint density at radius 1 is 0.645 bits per heavy atom. The Morgan fingerprint density at radius 3 is 1.45 bits per heavy atom. The van der Waals surface area contributed by atoms with Crippen LogP contribution in [0, 0.1) is 13.8 Å². The van der Waals surface area contributed by atoms with Gasteiger partial charge in [0.05, 0.1) is 54.3 Å². The lowest BCUT2D eigenvalue weighted by Gasteiger charge is -2.54. The summed E-state index contributed by atoms with van der Waals surface area (Å²) >= 11 is 0. The summed E-state index contributed by atoms with van der Waals surface area (Å²) < 4.78 is 1.91. The normalized spacial score (nSPS) is 12.3. The van der Waals surface area contributed by atoms with E-state index in [2.05, 4.69) is 81.3 Å². The molecule has 0 unspecified atom stereocenters. The third-order valence-electron chi connectivity index (χ3n) is 6.91. The molecule has 1 rings (SSSR count). The Balaban J connectivity index is 0. The summed E-state index contributed by atoms with van der Waals surface area (Å²) in [4.78, 5) is 0. The third-order valence-corrected chi connectivity index (χ3v) is 6.91. The van der Waals surface area contributed by atoms with Crippen molar-refractivity contribution < 1.29 is 33.8 Å². The average molecular weight is 476 g/mol. The van der Waals surface area contributed by atoms with E-state index in [9.17, 15) is 0 Å². The maximum absolute atomic E-state index is 2.41. The highest BCUT2D eigenvalue weighted by Gasteiger charge is 2.55. The Bertz CT molecular complexity index is 586. The summed E-state index contributed by atoms with van der Waals surface area (Å²) in [6, 6.07) is 7.09. The van der Waals surface area contributed by atoms with Crippen molar-refractivity contribution in [3.63, 3.8) is 0 Å². The summed E-state index contributed by atoms with van der Waals surface area (Å²) in [5.74, 6) is 0. The minimum atomic E-state index is 0. The van der Waals surface area contributed by atoms with E-state index < -0.39 is 0 Å². The van der Waals surface area contributed by atoms with Crippen LogP contribution in [0.2, 0.25) is 0 Å². The Morgan fingerprint density at radius 2 is 1.06 bits per heavy atom. The van der Waals surface area contributed by atoms with E-state index in [-0.39, 0.29) is 30.5 Å². The fraction of sp³-hybridized carbons (Fsp3) is 0.778. The van der Waals surface area contributed by atoms with Crippen molar-refractivity contribution in [1.82, 2.24) is 0 Å². The first-order valence-electron chi connectivity index (χ1n) is 12.2. The van der Waals surface area contributed by atoms with Crippen molar-refractivity contribution >= 4 is 0 Å². The van der Waals surface area contributed by atoms with Gasteiger partial charge in [-0.3, -0.25) is 8.97 Å². The number of hydrogen-bond donors (Lipinski definition) is 0. The number of aryl methyl sites for hydroxylation is 2. The number of hydrogen-bond acceptors (Lipinski definition) is 0. The average Bonchev–Trinajstić information content (AvgIpc) is 2.58. The standard InChI is InChI=1S/C27H52N2.2ClH/c1-10-11-12-13-14-15-16-17-18-19-22-27(28(4,5)6,29(7,8)9)26-21-20-24(2)23-25(26)3;;/h20-21,23H,10-19,22H2,1-9H3;2*1H/q+2;;/p-2. The van der Waals surface area contributed by atoms with Crippen LogP contribution >= 0.6 is 0 Å². The number of nitrogens with zero attached hydrogens (tertiary/aromatic N) is 2. The summed E-state index contributed by atoms with van der Waals surface area (Å²) in [5, 5.41) is 0. The SMILES string of the molecule is CCCCCCCCCCCCC(c1ccc(C)cc1C)([N+](C)(C)C)[N+](C)(C)C.[Cl-].[Cl-]. The molecule has 31 heavy (non-hydrogen) atoms. The maximum atomic E-state index is 2.41. The molecular weight excluding hydrogens is 423 g/mol. The molecule has 0 aromatic heterocycles. The second-order valence-electron chi connectivity index (χ2n) is 11.1. The molecule has 0 saturated carbocycles. The number of rotatable bonds is 14. The van der Waals surface area contributed by atoms with Crippen LogP contribution in [0.4, 0.5) is 0 Å². The quantitative estimate of drug-likeness (QED) is 0.216. The van der Waals surface area contributed by atoms with Crippen LogP contribution in [-0.2, 0) is 5.66 Å². The van der Waals surface area contributed by atoms with E-state index in [1.54, 1.807) is 0 Å². The van der Waals surface area contributed by atoms with Crippen LogP contribution in [0.1, 0.15) is 94.2 Å². The van der Waals surface area contributed by atoms with Crippen molar-refractivity contribution in [2.45, 2.75) is 97.1 Å². The van der Waals surface area contributed by atoms with Crippen LogP contribution in [0.3, 0.4) is 0 Å². The minimum absolute atomic E-state index is 0. The highest BCUT2D eigenvalue weighted by atomic mass is 35.5. The van der Waals surface area contributed by atoms with Gasteiger partial charge >= 0.3 is 0 Å². The Kier molecular flexibility index (Phi) is 15.7. The second kappa shape index (κ2) is 14.8. The molecule has 0 fully saturated rings. The van der Waals surface area contributed by atoms with Gasteiger partial charge in [0.15, 0.2) is 0 Å². The molecule has 1 aromatic carbocycles. The van der Waals surface area contributed by atoms with Crippen molar-refractivity contribution in [2.24, 2.45) is 0 Å². The molecule has 0 saturated heterocycles. The zero-order valence-corrected chi connectivity index (χ0v) is 23.7. The lowest BCUT2D eigenvalue weighted by molar-refractivity contribution is -1.14. The smallest absolute Gasteiger partial charge is 0.251 e. The molecule has 0 amide bonds. The molecular formula is C27H52Cl2N2. The van der Waals surface area contributed by atoms with Crippen molar-refractivity contribution in [2.75, 3.05) is 42.3 Å². The zero-order chi connectivity index (χ0) is 22.1. The van der Waals surface area contributed by atoms with Gasteiger partial charge in [-0.25, -0.2) is 0 Å². The fourth-order valence-electron chi connectivity index (χ4n) is 5.55. The van der Waals surface area contributed by atoms with Crippen molar-refractivity contribution in [1.29, 1.82) is 0 Å². The predicted octanol–water partition coefficient (Wildman–Crippen LogP) is 1.19. The Labute approximate surface area is 207 Å². The number of benzene rings is 1. The molecule has 0 heterocycles. The number of halogens is 2. The molecule has 0 radical (unpaired) electrons. The number of unbranched alkanes of at least 4 members (excludes halogenated alkanes) is 9. The van der Waals surface area contributed by atoms with Crippen LogP contribution in [0.25, 0.3) is 0 Å². The van der Waals surface area contributed by atoms with E-state index in [0.29, 0.717) is 0 Å². The Hall–Kier alpha value is -0.280. The second-order valence-corrected chi connectivity index (χ2v) is 11.1. The van der Waals surface area contributed by atoms with E-state index in [1.165, 1.54) is 87.3 Å². The van der Waals surface area contributed by atoms with Gasteiger partial charge in [-0.05, 0) is 31.9 Å². The largest absolute Gasteiger partial charge is 1.00 e. The van der Waals surface area contributed by atoms with Gasteiger partial charge < -0.3 is 24.8 Å². The van der Waals surface area contributed by atoms with Gasteiger partial charge in [-0.1, -0.05) is 82.4 Å². The molecule has 0 spiro atoms. The topological polar surface area (TPSA) is 0 Å². The monoisotopic (exact) mass is 474 g/mol. The summed E-state index contributed by atoms with van der Waals surface area (Å²) in [6.45, 7) is 6.81. The summed E-state index contributed by atoms with van der Waals surface area (Å²) in [5.41, 5.74) is 4.40. The zero-order valence-electron chi connectivity index (χ0n) is 22.2. The first-order chi connectivity index (χ1) is 13.5. The predicted molar refractivity (Wildman–Crippen MR) is 130 cm³/mol. The molecule has 2 nitrogen and oxygen atoms in total. The van der Waals surface area contributed by atoms with Crippen LogP contribution in [-0.4, -0.2) is 51.3 Å². The van der Waals surface area contributed by atoms with Crippen LogP contribution in [0.5, 0.6) is 0 Å². The molecule has 0 aliphatic carbocycles. The van der Waals surface area contributed by atoms with Gasteiger partial charge in [-0.2, -0.15) is 0 Å². The van der Waals surface area contributed by atoms with Gasteiger partial charge in [0.2, 0.25) is 0 Å². The van der Waals surface area contributed by atoms with Gasteiger partial charge in [0.1, 0.15) is 0 Å². The highest BCUT2D eigenvalue weighted by molar-refractivity contribution is 5.33. The third kappa shape index (κ3) is 9.24. The van der Waals surface area contributed by atoms with Gasteiger partial charge in [0.25, 0.3) is 5.66 Å². The fourth-order valence-corrected chi connectivity index (χ4v) is 5.55. The lowest BCUT2D eigenvalue weighted by atomic mass is 9.84. The molecule has 184 valence electrons. The molecule has 4 heteroatoms.